The molecule has 1 heterocycles. The van der Waals surface area contributed by atoms with Crippen LogP contribution < -0.4 is 15.8 Å². The number of nitrogen functional groups attached to an aromatic ring is 1. The van der Waals surface area contributed by atoms with Crippen molar-refractivity contribution in [1.82, 2.24) is 10.2 Å². The average molecular weight is 394 g/mol. The van der Waals surface area contributed by atoms with Crippen LogP contribution in [0.15, 0.2) is 42.5 Å². The van der Waals surface area contributed by atoms with Gasteiger partial charge in [-0.1, -0.05) is 30.3 Å². The molecule has 0 radical (unpaired) electrons. The summed E-state index contributed by atoms with van der Waals surface area (Å²) in [5.74, 6) is 0.0383. The zero-order chi connectivity index (χ0) is 20.8. The molecule has 1 saturated heterocycles. The first-order valence-electron chi connectivity index (χ1n) is 9.53. The van der Waals surface area contributed by atoms with Gasteiger partial charge in [0.15, 0.2) is 0 Å². The van der Waals surface area contributed by atoms with Gasteiger partial charge in [-0.2, -0.15) is 5.26 Å². The molecule has 0 unspecified atom stereocenters. The van der Waals surface area contributed by atoms with E-state index in [-0.39, 0.29) is 29.3 Å². The van der Waals surface area contributed by atoms with Gasteiger partial charge in [-0.15, -0.1) is 0 Å². The van der Waals surface area contributed by atoms with Crippen LogP contribution in [0.25, 0.3) is 0 Å². The molecule has 1 aliphatic heterocycles. The summed E-state index contributed by atoms with van der Waals surface area (Å²) >= 11 is 0. The van der Waals surface area contributed by atoms with Crippen LogP contribution >= 0.6 is 0 Å². The summed E-state index contributed by atoms with van der Waals surface area (Å²) in [6.45, 7) is 2.42. The number of piperidine rings is 1. The Balaban J connectivity index is 1.69. The van der Waals surface area contributed by atoms with Crippen molar-refractivity contribution in [1.29, 1.82) is 5.26 Å². The minimum Gasteiger partial charge on any atom is -0.496 e. The van der Waals surface area contributed by atoms with E-state index >= 15 is 0 Å². The smallest absolute Gasteiger partial charge is 0.255 e. The van der Waals surface area contributed by atoms with Gasteiger partial charge in [0.05, 0.1) is 36.1 Å². The predicted molar refractivity (Wildman–Crippen MR) is 111 cm³/mol. The standard InChI is InChI=1S/C22H26N4O3/c1-28-20-11-18(24)16(12-23)10-17(20)22(27)25-19-8-9-26(14-21(19)29-2)13-15-6-4-3-5-7-15/h3-7,10-11,19,21H,8-9,13-14,24H2,1-2H3,(H,25,27)/t19-,21+/m1/s1. The molecule has 2 aromatic carbocycles. The van der Waals surface area contributed by atoms with Gasteiger partial charge in [0.1, 0.15) is 11.8 Å². The molecule has 1 fully saturated rings. The van der Waals surface area contributed by atoms with E-state index in [2.05, 4.69) is 22.3 Å². The van der Waals surface area contributed by atoms with E-state index in [1.165, 1.54) is 24.8 Å². The molecule has 7 heteroatoms. The maximum atomic E-state index is 12.9. The number of anilines is 1. The molecule has 29 heavy (non-hydrogen) atoms. The summed E-state index contributed by atoms with van der Waals surface area (Å²) in [7, 11) is 3.13. The van der Waals surface area contributed by atoms with E-state index in [0.717, 1.165) is 26.1 Å². The summed E-state index contributed by atoms with van der Waals surface area (Å²) in [5.41, 5.74) is 7.89. The minimum absolute atomic E-state index is 0.132. The van der Waals surface area contributed by atoms with Gasteiger partial charge in [-0.25, -0.2) is 0 Å². The third kappa shape index (κ3) is 4.86. The highest BCUT2D eigenvalue weighted by Crippen LogP contribution is 2.26. The molecule has 2 aromatic rings. The van der Waals surface area contributed by atoms with Gasteiger partial charge in [0.25, 0.3) is 5.91 Å². The second-order valence-corrected chi connectivity index (χ2v) is 7.12. The molecule has 0 spiro atoms. The van der Waals surface area contributed by atoms with E-state index < -0.39 is 0 Å². The molecule has 152 valence electrons. The Morgan fingerprint density at radius 3 is 2.72 bits per heavy atom. The fraction of sp³-hybridized carbons (Fsp3) is 0.364. The Bertz CT molecular complexity index is 895. The number of rotatable bonds is 6. The molecule has 1 aliphatic rings. The van der Waals surface area contributed by atoms with Crippen molar-refractivity contribution in [2.24, 2.45) is 0 Å². The first kappa shape index (κ1) is 20.6. The summed E-state index contributed by atoms with van der Waals surface area (Å²) in [5, 5.41) is 12.3. The average Bonchev–Trinajstić information content (AvgIpc) is 2.75. The number of nitrogens with two attached hydrogens (primary N) is 1. The number of methoxy groups -OCH3 is 2. The van der Waals surface area contributed by atoms with E-state index in [0.29, 0.717) is 11.3 Å². The van der Waals surface area contributed by atoms with Crippen molar-refractivity contribution >= 4 is 11.6 Å². The van der Waals surface area contributed by atoms with Crippen LogP contribution in [0.4, 0.5) is 5.69 Å². The maximum Gasteiger partial charge on any atom is 0.255 e. The quantitative estimate of drug-likeness (QED) is 0.729. The molecule has 0 aromatic heterocycles. The largest absolute Gasteiger partial charge is 0.496 e. The number of carbonyl (C=O) groups excluding carboxylic acids is 1. The first-order chi connectivity index (χ1) is 14.0. The zero-order valence-corrected chi connectivity index (χ0v) is 16.7. The fourth-order valence-electron chi connectivity index (χ4n) is 3.65. The highest BCUT2D eigenvalue weighted by Gasteiger charge is 2.31. The number of carbonyl (C=O) groups is 1. The summed E-state index contributed by atoms with van der Waals surface area (Å²) < 4.78 is 11.0. The number of nitrogens with one attached hydrogen (secondary N) is 1. The molecule has 0 saturated carbocycles. The van der Waals surface area contributed by atoms with Gasteiger partial charge in [-0.3, -0.25) is 9.69 Å². The fourth-order valence-corrected chi connectivity index (χ4v) is 3.65. The van der Waals surface area contributed by atoms with E-state index in [4.69, 9.17) is 15.2 Å². The second-order valence-electron chi connectivity index (χ2n) is 7.12. The SMILES string of the molecule is COc1cc(N)c(C#N)cc1C(=O)N[C@@H]1CCN(Cc2ccccc2)C[C@@H]1OC. The number of nitrogens with zero attached hydrogens (tertiary/aromatic N) is 2. The lowest BCUT2D eigenvalue weighted by Crippen LogP contribution is -2.54. The van der Waals surface area contributed by atoms with Gasteiger partial charge in [0, 0.05) is 32.8 Å². The number of amides is 1. The molecule has 1 amide bonds. The van der Waals surface area contributed by atoms with E-state index in [1.807, 2.05) is 24.3 Å². The third-order valence-electron chi connectivity index (χ3n) is 5.25. The monoisotopic (exact) mass is 394 g/mol. The Morgan fingerprint density at radius 2 is 2.07 bits per heavy atom. The Labute approximate surface area is 171 Å². The Morgan fingerprint density at radius 1 is 1.31 bits per heavy atom. The lowest BCUT2D eigenvalue weighted by atomic mass is 9.99. The molecule has 7 nitrogen and oxygen atoms in total. The molecule has 3 N–H and O–H groups in total. The van der Waals surface area contributed by atoms with Crippen molar-refractivity contribution < 1.29 is 14.3 Å². The predicted octanol–water partition coefficient (Wildman–Crippen LogP) is 2.17. The van der Waals surface area contributed by atoms with Crippen molar-refractivity contribution in [2.75, 3.05) is 33.0 Å². The number of nitriles is 1. The number of benzene rings is 2. The Kier molecular flexibility index (Phi) is 6.70. The normalized spacial score (nSPS) is 19.3. The van der Waals surface area contributed by atoms with Crippen molar-refractivity contribution in [3.05, 3.63) is 59.2 Å². The van der Waals surface area contributed by atoms with Crippen LogP contribution in [0.3, 0.4) is 0 Å². The molecular weight excluding hydrogens is 368 g/mol. The summed E-state index contributed by atoms with van der Waals surface area (Å²) in [6.07, 6.45) is 0.631. The minimum atomic E-state index is -0.304. The number of hydrogen-bond donors (Lipinski definition) is 2. The zero-order valence-electron chi connectivity index (χ0n) is 16.7. The van der Waals surface area contributed by atoms with Crippen LogP contribution in [-0.4, -0.2) is 50.3 Å². The van der Waals surface area contributed by atoms with Gasteiger partial charge in [-0.05, 0) is 18.1 Å². The third-order valence-corrected chi connectivity index (χ3v) is 5.25. The van der Waals surface area contributed by atoms with Crippen LogP contribution in [-0.2, 0) is 11.3 Å². The Hall–Kier alpha value is -3.08. The maximum absolute atomic E-state index is 12.9. The molecule has 3 rings (SSSR count). The van der Waals surface area contributed by atoms with E-state index in [1.54, 1.807) is 7.11 Å². The topological polar surface area (TPSA) is 101 Å². The van der Waals surface area contributed by atoms with E-state index in [9.17, 15) is 10.1 Å². The van der Waals surface area contributed by atoms with Crippen molar-refractivity contribution in [3.63, 3.8) is 0 Å². The number of ether oxygens (including phenoxy) is 2. The van der Waals surface area contributed by atoms with Crippen LogP contribution in [0.5, 0.6) is 5.75 Å². The highest BCUT2D eigenvalue weighted by atomic mass is 16.5. The second kappa shape index (κ2) is 9.41. The van der Waals surface area contributed by atoms with Crippen molar-refractivity contribution in [2.45, 2.75) is 25.1 Å². The van der Waals surface area contributed by atoms with Gasteiger partial charge in [0.2, 0.25) is 0 Å². The van der Waals surface area contributed by atoms with Gasteiger partial charge >= 0.3 is 0 Å². The van der Waals surface area contributed by atoms with Crippen LogP contribution in [0.2, 0.25) is 0 Å². The van der Waals surface area contributed by atoms with Crippen LogP contribution in [0.1, 0.15) is 27.9 Å². The molecular formula is C22H26N4O3. The lowest BCUT2D eigenvalue weighted by molar-refractivity contribution is 0.00387. The first-order valence-corrected chi connectivity index (χ1v) is 9.53. The number of likely N-dealkylation sites (tertiary alicyclic amines) is 1. The summed E-state index contributed by atoms with van der Waals surface area (Å²) in [4.78, 5) is 15.2. The lowest BCUT2D eigenvalue weighted by Gasteiger charge is -2.38. The molecule has 0 bridgehead atoms. The van der Waals surface area contributed by atoms with Crippen molar-refractivity contribution in [3.8, 4) is 11.8 Å². The molecule has 2 atom stereocenters. The molecule has 0 aliphatic carbocycles. The number of hydrogen-bond acceptors (Lipinski definition) is 6. The van der Waals surface area contributed by atoms with Gasteiger partial charge < -0.3 is 20.5 Å². The highest BCUT2D eigenvalue weighted by molar-refractivity contribution is 5.98. The van der Waals surface area contributed by atoms with Crippen LogP contribution in [0, 0.1) is 11.3 Å². The summed E-state index contributed by atoms with van der Waals surface area (Å²) in [6, 6.07) is 15.1.